The molecular weight excluding hydrogens is 873 g/mol. The molecule has 2 rings (SSSR count). The van der Waals surface area contributed by atoms with E-state index < -0.39 is 70.5 Å². The molecule has 216 valence electrons. The SMILES string of the molecule is CC(=O)Nc1c(I)c(NC(C)=O)c(I)c(-c2ccc(C(=O)C(=O)[C@H](N)[C@@H](O)[C@H](O)[C@H](O)CO)c([N+](=O)[O-])c2)c1I. The topological polar surface area (TPSA) is 242 Å². The quantitative estimate of drug-likeness (QED) is 0.0555. The lowest BCUT2D eigenvalue weighted by Gasteiger charge is -2.25. The lowest BCUT2D eigenvalue weighted by atomic mass is 9.92. The highest BCUT2D eigenvalue weighted by Gasteiger charge is 2.38. The van der Waals surface area contributed by atoms with Crippen LogP contribution in [0.15, 0.2) is 18.2 Å². The number of aliphatic hydroxyl groups excluding tert-OH is 4. The fourth-order valence-electron chi connectivity index (χ4n) is 3.51. The first-order valence-electron chi connectivity index (χ1n) is 11.1. The van der Waals surface area contributed by atoms with Gasteiger partial charge in [0.15, 0.2) is 0 Å². The first-order chi connectivity index (χ1) is 18.5. The van der Waals surface area contributed by atoms with Crippen LogP contribution in [0, 0.1) is 20.8 Å². The van der Waals surface area contributed by atoms with Crippen molar-refractivity contribution in [3.8, 4) is 11.1 Å². The normalized spacial score (nSPS) is 14.1. The number of nitro benzene ring substituents is 1. The number of nitrogens with one attached hydrogen (secondary N) is 2. The largest absolute Gasteiger partial charge is 0.394 e. The van der Waals surface area contributed by atoms with Crippen LogP contribution in [0.4, 0.5) is 17.1 Å². The van der Waals surface area contributed by atoms with Crippen molar-refractivity contribution in [2.24, 2.45) is 5.73 Å². The average molecular weight is 896 g/mol. The molecule has 0 aromatic heterocycles. The van der Waals surface area contributed by atoms with Gasteiger partial charge in [-0.2, -0.15) is 0 Å². The smallest absolute Gasteiger partial charge is 0.281 e. The van der Waals surface area contributed by atoms with E-state index in [1.165, 1.54) is 19.9 Å². The maximum absolute atomic E-state index is 12.9. The van der Waals surface area contributed by atoms with Crippen LogP contribution in [0.5, 0.6) is 0 Å². The molecule has 2 amide bonds. The summed E-state index contributed by atoms with van der Waals surface area (Å²) in [4.78, 5) is 60.4. The van der Waals surface area contributed by atoms with Gasteiger partial charge in [-0.25, -0.2) is 0 Å². The fraction of sp³-hybridized carbons (Fsp3) is 0.304. The van der Waals surface area contributed by atoms with E-state index in [1.54, 1.807) is 0 Å². The standard InChI is InChI=1S/C23H23I3N4O10/c1-7(32)28-18-14(24)13(15(25)19(16(18)26)29-8(2)33)9-3-4-10(11(5-9)30(39)40)20(35)22(37)17(27)23(38)21(36)12(34)6-31/h3-5,12,17,21,23,31,34,36,38H,6,27H2,1-2H3,(H,28,32)(H,29,33)/t12-,17+,21-,23-/m1/s1. The highest BCUT2D eigenvalue weighted by atomic mass is 127. The predicted molar refractivity (Wildman–Crippen MR) is 168 cm³/mol. The Kier molecular flexibility index (Phi) is 12.3. The van der Waals surface area contributed by atoms with Gasteiger partial charge in [0.2, 0.25) is 23.4 Å². The average Bonchev–Trinajstić information content (AvgIpc) is 2.90. The number of Topliss-reactive ketones (excluding diaryl/α,β-unsaturated/α-hetero) is 2. The summed E-state index contributed by atoms with van der Waals surface area (Å²) < 4.78 is 1.46. The third-order valence-electron chi connectivity index (χ3n) is 5.47. The third kappa shape index (κ3) is 7.49. The van der Waals surface area contributed by atoms with Crippen LogP contribution < -0.4 is 16.4 Å². The van der Waals surface area contributed by atoms with E-state index in [0.29, 0.717) is 27.6 Å². The van der Waals surface area contributed by atoms with Crippen LogP contribution >= 0.6 is 67.8 Å². The summed E-state index contributed by atoms with van der Waals surface area (Å²) in [7, 11) is 0. The second-order valence-electron chi connectivity index (χ2n) is 8.37. The van der Waals surface area contributed by atoms with Crippen molar-refractivity contribution in [1.29, 1.82) is 0 Å². The number of nitrogens with zero attached hydrogens (tertiary/aromatic N) is 1. The number of carbonyl (C=O) groups excluding carboxylic acids is 4. The van der Waals surface area contributed by atoms with E-state index in [9.17, 15) is 44.6 Å². The Bertz CT molecular complexity index is 1340. The molecule has 0 heterocycles. The van der Waals surface area contributed by atoms with Gasteiger partial charge in [-0.3, -0.25) is 29.3 Å². The van der Waals surface area contributed by atoms with Crippen molar-refractivity contribution in [2.45, 2.75) is 38.2 Å². The number of halogens is 3. The van der Waals surface area contributed by atoms with Crippen molar-refractivity contribution in [2.75, 3.05) is 17.2 Å². The molecule has 0 unspecified atom stereocenters. The monoisotopic (exact) mass is 896 g/mol. The molecule has 0 fully saturated rings. The van der Waals surface area contributed by atoms with E-state index in [0.717, 1.165) is 12.1 Å². The number of amides is 2. The summed E-state index contributed by atoms with van der Waals surface area (Å²) in [5, 5.41) is 55.6. The highest BCUT2D eigenvalue weighted by Crippen LogP contribution is 2.44. The Morgan fingerprint density at radius 3 is 1.88 bits per heavy atom. The van der Waals surface area contributed by atoms with Crippen LogP contribution in [0.25, 0.3) is 11.1 Å². The van der Waals surface area contributed by atoms with Crippen LogP contribution in [0.3, 0.4) is 0 Å². The number of hydrogen-bond acceptors (Lipinski definition) is 11. The molecule has 0 spiro atoms. The fourth-order valence-corrected chi connectivity index (χ4v) is 7.83. The number of aliphatic hydroxyl groups is 4. The minimum atomic E-state index is -2.16. The van der Waals surface area contributed by atoms with Gasteiger partial charge < -0.3 is 36.8 Å². The summed E-state index contributed by atoms with van der Waals surface area (Å²) in [5.41, 5.74) is 5.44. The Balaban J connectivity index is 2.68. The zero-order valence-electron chi connectivity index (χ0n) is 20.6. The lowest BCUT2D eigenvalue weighted by Crippen LogP contribution is -2.54. The first-order valence-corrected chi connectivity index (χ1v) is 14.3. The van der Waals surface area contributed by atoms with E-state index >= 15 is 0 Å². The first kappa shape index (κ1) is 34.3. The van der Waals surface area contributed by atoms with E-state index in [2.05, 4.69) is 10.6 Å². The maximum atomic E-state index is 12.9. The van der Waals surface area contributed by atoms with Gasteiger partial charge in [0, 0.05) is 32.6 Å². The van der Waals surface area contributed by atoms with E-state index in [1.807, 2.05) is 67.8 Å². The summed E-state index contributed by atoms with van der Waals surface area (Å²) in [6.45, 7) is 1.61. The second kappa shape index (κ2) is 14.3. The number of carbonyl (C=O) groups is 4. The predicted octanol–water partition coefficient (Wildman–Crippen LogP) is 1.15. The molecule has 17 heteroatoms. The van der Waals surface area contributed by atoms with Gasteiger partial charge in [0.25, 0.3) is 5.69 Å². The molecule has 0 aliphatic carbocycles. The van der Waals surface area contributed by atoms with Crippen LogP contribution in [-0.4, -0.2) is 79.7 Å². The molecule has 2 aromatic carbocycles. The van der Waals surface area contributed by atoms with Crippen LogP contribution in [0.2, 0.25) is 0 Å². The van der Waals surface area contributed by atoms with Crippen molar-refractivity contribution in [3.05, 3.63) is 44.6 Å². The number of nitro groups is 1. The second-order valence-corrected chi connectivity index (χ2v) is 11.6. The van der Waals surface area contributed by atoms with Gasteiger partial charge in [-0.15, -0.1) is 0 Å². The number of benzene rings is 2. The lowest BCUT2D eigenvalue weighted by molar-refractivity contribution is -0.385. The number of hydrogen-bond donors (Lipinski definition) is 7. The molecule has 14 nitrogen and oxygen atoms in total. The molecule has 40 heavy (non-hydrogen) atoms. The molecular formula is C23H23I3N4O10. The summed E-state index contributed by atoms with van der Waals surface area (Å²) in [6.07, 6.45) is -6.10. The van der Waals surface area contributed by atoms with Gasteiger partial charge in [0.1, 0.15) is 29.9 Å². The van der Waals surface area contributed by atoms with Gasteiger partial charge in [0.05, 0.1) is 26.5 Å². The molecule has 0 saturated carbocycles. The number of ketones is 2. The Labute approximate surface area is 267 Å². The molecule has 0 saturated heterocycles. The minimum Gasteiger partial charge on any atom is -0.394 e. The van der Waals surface area contributed by atoms with Crippen molar-refractivity contribution < 1.29 is 44.5 Å². The Morgan fingerprint density at radius 1 is 0.950 bits per heavy atom. The number of nitrogens with two attached hydrogens (primary N) is 1. The molecule has 0 aliphatic rings. The zero-order valence-corrected chi connectivity index (χ0v) is 27.1. The summed E-state index contributed by atoms with van der Waals surface area (Å²) >= 11 is 5.82. The van der Waals surface area contributed by atoms with E-state index in [-0.39, 0.29) is 5.56 Å². The molecule has 4 atom stereocenters. The molecule has 2 aromatic rings. The van der Waals surface area contributed by atoms with Crippen molar-refractivity contribution >= 4 is 108 Å². The van der Waals surface area contributed by atoms with E-state index in [4.69, 9.17) is 10.8 Å². The summed E-state index contributed by atoms with van der Waals surface area (Å²) in [6, 6.07) is 1.31. The Hall–Kier alpha value is -1.89. The maximum Gasteiger partial charge on any atom is 0.281 e. The summed E-state index contributed by atoms with van der Waals surface area (Å²) in [5.74, 6) is -3.72. The van der Waals surface area contributed by atoms with Crippen molar-refractivity contribution in [3.63, 3.8) is 0 Å². The van der Waals surface area contributed by atoms with Crippen LogP contribution in [-0.2, 0) is 14.4 Å². The molecule has 0 bridgehead atoms. The highest BCUT2D eigenvalue weighted by molar-refractivity contribution is 14.1. The van der Waals surface area contributed by atoms with Crippen LogP contribution in [0.1, 0.15) is 24.2 Å². The third-order valence-corrected chi connectivity index (χ3v) is 8.71. The minimum absolute atomic E-state index is 0.213. The molecule has 0 aliphatic heterocycles. The molecule has 8 N–H and O–H groups in total. The van der Waals surface area contributed by atoms with Gasteiger partial charge in [-0.1, -0.05) is 6.07 Å². The number of anilines is 2. The Morgan fingerprint density at radius 2 is 1.45 bits per heavy atom. The van der Waals surface area contributed by atoms with Gasteiger partial charge >= 0.3 is 0 Å². The number of rotatable bonds is 11. The van der Waals surface area contributed by atoms with Gasteiger partial charge in [-0.05, 0) is 79.4 Å². The molecule has 0 radical (unpaired) electrons. The van der Waals surface area contributed by atoms with Crippen molar-refractivity contribution in [1.82, 2.24) is 0 Å². The zero-order chi connectivity index (χ0) is 30.6.